The van der Waals surface area contributed by atoms with Gasteiger partial charge in [-0.1, -0.05) is 78.9 Å². The first-order valence-electron chi connectivity index (χ1n) is 11.5. The molecule has 1 aliphatic heterocycles. The standard InChI is InChI=1S/C30H24O6/c31-24-14-11-22(12-15-24)27-28(32)30(33)36-29(27)23-13-16-25(34-18-20-7-3-1-4-8-20)26(17-23)35-19-21-9-5-2-6-10-21/h1-17,29,31-32H,18-19H2. The van der Waals surface area contributed by atoms with Gasteiger partial charge >= 0.3 is 5.97 Å². The zero-order valence-electron chi connectivity index (χ0n) is 19.3. The first kappa shape index (κ1) is 23.1. The Kier molecular flexibility index (Phi) is 6.58. The topological polar surface area (TPSA) is 85.2 Å². The van der Waals surface area contributed by atoms with Crippen LogP contribution >= 0.6 is 0 Å². The molecule has 1 unspecified atom stereocenters. The normalized spacial score (nSPS) is 15.0. The van der Waals surface area contributed by atoms with Gasteiger partial charge in [0.05, 0.1) is 5.57 Å². The summed E-state index contributed by atoms with van der Waals surface area (Å²) in [6, 6.07) is 31.1. The van der Waals surface area contributed by atoms with Crippen LogP contribution in [0.5, 0.6) is 17.2 Å². The average Bonchev–Trinajstić information content (AvgIpc) is 3.22. The van der Waals surface area contributed by atoms with Gasteiger partial charge in [-0.25, -0.2) is 4.79 Å². The van der Waals surface area contributed by atoms with E-state index in [0.29, 0.717) is 41.4 Å². The number of carbonyl (C=O) groups is 1. The molecule has 36 heavy (non-hydrogen) atoms. The number of aliphatic hydroxyl groups excluding tert-OH is 1. The van der Waals surface area contributed by atoms with Gasteiger partial charge in [0.25, 0.3) is 0 Å². The Balaban J connectivity index is 1.47. The molecule has 0 saturated heterocycles. The van der Waals surface area contributed by atoms with E-state index in [2.05, 4.69) is 0 Å². The predicted molar refractivity (Wildman–Crippen MR) is 134 cm³/mol. The molecule has 5 rings (SSSR count). The zero-order valence-corrected chi connectivity index (χ0v) is 19.3. The van der Waals surface area contributed by atoms with E-state index in [0.717, 1.165) is 11.1 Å². The Bertz CT molecular complexity index is 1380. The van der Waals surface area contributed by atoms with Crippen LogP contribution in [0.4, 0.5) is 0 Å². The molecule has 4 aromatic carbocycles. The number of carbonyl (C=O) groups excluding carboxylic acids is 1. The summed E-state index contributed by atoms with van der Waals surface area (Å²) < 4.78 is 17.7. The highest BCUT2D eigenvalue weighted by molar-refractivity contribution is 6.00. The summed E-state index contributed by atoms with van der Waals surface area (Å²) in [4.78, 5) is 12.3. The van der Waals surface area contributed by atoms with Crippen LogP contribution < -0.4 is 9.47 Å². The minimum atomic E-state index is -0.843. The molecule has 1 aliphatic rings. The second-order valence-electron chi connectivity index (χ2n) is 8.35. The van der Waals surface area contributed by atoms with Gasteiger partial charge in [0.2, 0.25) is 5.76 Å². The van der Waals surface area contributed by atoms with Crippen molar-refractivity contribution in [2.75, 3.05) is 0 Å². The van der Waals surface area contributed by atoms with Crippen LogP contribution in [0, 0.1) is 0 Å². The van der Waals surface area contributed by atoms with Gasteiger partial charge < -0.3 is 24.4 Å². The van der Waals surface area contributed by atoms with Crippen LogP contribution in [0.15, 0.2) is 109 Å². The van der Waals surface area contributed by atoms with Crippen molar-refractivity contribution in [1.29, 1.82) is 0 Å². The molecule has 0 radical (unpaired) electrons. The summed E-state index contributed by atoms with van der Waals surface area (Å²) >= 11 is 0. The number of ether oxygens (including phenoxy) is 3. The number of hydrogen-bond acceptors (Lipinski definition) is 6. The van der Waals surface area contributed by atoms with Crippen molar-refractivity contribution in [3.8, 4) is 17.2 Å². The van der Waals surface area contributed by atoms with Crippen LogP contribution in [0.2, 0.25) is 0 Å². The fourth-order valence-corrected chi connectivity index (χ4v) is 4.01. The molecule has 0 aromatic heterocycles. The van der Waals surface area contributed by atoms with Crippen LogP contribution in [0.25, 0.3) is 5.57 Å². The van der Waals surface area contributed by atoms with Crippen LogP contribution in [-0.2, 0) is 22.7 Å². The van der Waals surface area contributed by atoms with E-state index < -0.39 is 17.8 Å². The number of phenols is 1. The van der Waals surface area contributed by atoms with Crippen molar-refractivity contribution in [2.45, 2.75) is 19.3 Å². The number of cyclic esters (lactones) is 1. The molecule has 180 valence electrons. The molecular formula is C30H24O6. The number of esters is 1. The summed E-state index contributed by atoms with van der Waals surface area (Å²) in [5.74, 6) is -0.153. The number of aromatic hydroxyl groups is 1. The maximum absolute atomic E-state index is 12.3. The Morgan fingerprint density at radius 2 is 1.28 bits per heavy atom. The number of benzene rings is 4. The molecule has 1 atom stereocenters. The first-order valence-corrected chi connectivity index (χ1v) is 11.5. The third-order valence-electron chi connectivity index (χ3n) is 5.86. The van der Waals surface area contributed by atoms with Gasteiger partial charge in [-0.2, -0.15) is 0 Å². The van der Waals surface area contributed by atoms with Crippen molar-refractivity contribution in [3.05, 3.63) is 131 Å². The van der Waals surface area contributed by atoms with Gasteiger partial charge in [0, 0.05) is 5.56 Å². The first-order chi connectivity index (χ1) is 17.6. The highest BCUT2D eigenvalue weighted by Gasteiger charge is 2.36. The fourth-order valence-electron chi connectivity index (χ4n) is 4.01. The average molecular weight is 481 g/mol. The predicted octanol–water partition coefficient (Wildman–Crippen LogP) is 6.12. The van der Waals surface area contributed by atoms with Crippen molar-refractivity contribution >= 4 is 11.5 Å². The van der Waals surface area contributed by atoms with E-state index >= 15 is 0 Å². The van der Waals surface area contributed by atoms with Crippen LogP contribution in [0.1, 0.15) is 28.4 Å². The lowest BCUT2D eigenvalue weighted by molar-refractivity contribution is -0.142. The highest BCUT2D eigenvalue weighted by Crippen LogP contribution is 2.43. The van der Waals surface area contributed by atoms with Crippen molar-refractivity contribution in [3.63, 3.8) is 0 Å². The maximum Gasteiger partial charge on any atom is 0.374 e. The minimum absolute atomic E-state index is 0.0807. The number of phenolic OH excluding ortho intramolecular Hbond substituents is 1. The van der Waals surface area contributed by atoms with Crippen molar-refractivity contribution in [2.24, 2.45) is 0 Å². The van der Waals surface area contributed by atoms with Gasteiger partial charge in [-0.15, -0.1) is 0 Å². The molecule has 6 nitrogen and oxygen atoms in total. The molecule has 0 fully saturated rings. The van der Waals surface area contributed by atoms with Gasteiger partial charge in [0.1, 0.15) is 19.0 Å². The number of rotatable bonds is 8. The van der Waals surface area contributed by atoms with Gasteiger partial charge in [-0.05, 0) is 41.0 Å². The molecular weight excluding hydrogens is 456 g/mol. The number of aliphatic hydroxyl groups is 1. The van der Waals surface area contributed by atoms with E-state index in [1.807, 2.05) is 60.7 Å². The van der Waals surface area contributed by atoms with Crippen LogP contribution in [-0.4, -0.2) is 16.2 Å². The third kappa shape index (κ3) is 5.03. The molecule has 0 spiro atoms. The molecule has 6 heteroatoms. The minimum Gasteiger partial charge on any atom is -0.508 e. The molecule has 0 amide bonds. The number of hydrogen-bond donors (Lipinski definition) is 2. The third-order valence-corrected chi connectivity index (χ3v) is 5.86. The summed E-state index contributed by atoms with van der Waals surface area (Å²) in [6.45, 7) is 0.683. The van der Waals surface area contributed by atoms with E-state index in [1.165, 1.54) is 12.1 Å². The molecule has 0 aliphatic carbocycles. The van der Waals surface area contributed by atoms with Crippen molar-refractivity contribution < 1.29 is 29.2 Å². The SMILES string of the molecule is O=C1OC(c2ccc(OCc3ccccc3)c(OCc3ccccc3)c2)C(c2ccc(O)cc2)=C1O. The smallest absolute Gasteiger partial charge is 0.374 e. The van der Waals surface area contributed by atoms with Crippen molar-refractivity contribution in [1.82, 2.24) is 0 Å². The Hall–Kier alpha value is -4.71. The van der Waals surface area contributed by atoms with E-state index in [1.54, 1.807) is 30.3 Å². The largest absolute Gasteiger partial charge is 0.508 e. The van der Waals surface area contributed by atoms with E-state index in [9.17, 15) is 15.0 Å². The monoisotopic (exact) mass is 480 g/mol. The summed E-state index contributed by atoms with van der Waals surface area (Å²) in [5, 5.41) is 20.1. The zero-order chi connectivity index (χ0) is 24.9. The quantitative estimate of drug-likeness (QED) is 0.296. The molecule has 1 heterocycles. The van der Waals surface area contributed by atoms with Gasteiger partial charge in [0.15, 0.2) is 17.6 Å². The molecule has 2 N–H and O–H groups in total. The molecule has 0 bridgehead atoms. The second kappa shape index (κ2) is 10.3. The Labute approximate surface area is 208 Å². The lowest BCUT2D eigenvalue weighted by atomic mass is 9.95. The Morgan fingerprint density at radius 3 is 1.89 bits per heavy atom. The lowest BCUT2D eigenvalue weighted by Gasteiger charge is -2.18. The molecule has 0 saturated carbocycles. The summed E-state index contributed by atoms with van der Waals surface area (Å²) in [5.41, 5.74) is 3.52. The fraction of sp³-hybridized carbons (Fsp3) is 0.100. The van der Waals surface area contributed by atoms with Gasteiger partial charge in [-0.3, -0.25) is 0 Å². The van der Waals surface area contributed by atoms with Crippen LogP contribution in [0.3, 0.4) is 0 Å². The summed E-state index contributed by atoms with van der Waals surface area (Å²) in [7, 11) is 0. The Morgan fingerprint density at radius 1 is 0.694 bits per heavy atom. The van der Waals surface area contributed by atoms with E-state index in [-0.39, 0.29) is 5.75 Å². The lowest BCUT2D eigenvalue weighted by Crippen LogP contribution is -2.06. The van der Waals surface area contributed by atoms with E-state index in [4.69, 9.17) is 14.2 Å². The summed E-state index contributed by atoms with van der Waals surface area (Å²) in [6.07, 6.45) is -0.843. The molecule has 4 aromatic rings. The second-order valence-corrected chi connectivity index (χ2v) is 8.35. The highest BCUT2D eigenvalue weighted by atomic mass is 16.6. The maximum atomic E-state index is 12.3.